The quantitative estimate of drug-likeness (QED) is 0.106. The second kappa shape index (κ2) is 14.0. The molecule has 3 aromatic rings. The maximum Gasteiger partial charge on any atom is 0.256 e. The van der Waals surface area contributed by atoms with Gasteiger partial charge in [-0.3, -0.25) is 4.79 Å². The molecule has 6 nitrogen and oxygen atoms in total. The zero-order chi connectivity index (χ0) is 18.8. The summed E-state index contributed by atoms with van der Waals surface area (Å²) in [7, 11) is 3.80. The Morgan fingerprint density at radius 2 is 1.54 bits per heavy atom. The number of halogens is 2. The van der Waals surface area contributed by atoms with Crippen molar-refractivity contribution in [2.45, 2.75) is 0 Å². The highest BCUT2D eigenvalue weighted by molar-refractivity contribution is 6.04. The van der Waals surface area contributed by atoms with Gasteiger partial charge in [-0.2, -0.15) is 0 Å². The van der Waals surface area contributed by atoms with Gasteiger partial charge in [0.25, 0.3) is 5.91 Å². The zero-order valence-electron chi connectivity index (χ0n) is 15.5. The third-order valence-corrected chi connectivity index (χ3v) is 3.56. The molecule has 2 heterocycles. The fourth-order valence-electron chi connectivity index (χ4n) is 2.11. The van der Waals surface area contributed by atoms with Crippen molar-refractivity contribution in [3.63, 3.8) is 0 Å². The van der Waals surface area contributed by atoms with E-state index in [0.29, 0.717) is 5.56 Å². The number of rotatable bonds is 3. The average Bonchev–Trinajstić information content (AvgIpc) is 2.66. The Bertz CT molecular complexity index is 873. The summed E-state index contributed by atoms with van der Waals surface area (Å²) >= 11 is 0. The molecule has 3 rings (SSSR count). The van der Waals surface area contributed by atoms with Crippen LogP contribution in [0.5, 0.6) is 0 Å². The normalized spacial score (nSPS) is 9.36. The van der Waals surface area contributed by atoms with Gasteiger partial charge in [0.1, 0.15) is 20.3 Å². The van der Waals surface area contributed by atoms with Gasteiger partial charge in [0.15, 0.2) is 18.6 Å². The topological polar surface area (TPSA) is 69.5 Å². The molecule has 0 bridgehead atoms. The predicted molar refractivity (Wildman–Crippen MR) is 99.0 cm³/mol. The van der Waals surface area contributed by atoms with Crippen LogP contribution >= 0.6 is 0 Å². The van der Waals surface area contributed by atoms with Crippen LogP contribution in [0.15, 0.2) is 84.4 Å². The SMILES string of the molecule is C[n+]1ccc(C(=O)Nc2ccccc2)cc1.C[n+]1ccccc1C=NO.[I-].[I-]. The molecule has 148 valence electrons. The molecule has 2 aromatic heterocycles. The van der Waals surface area contributed by atoms with Crippen LogP contribution in [-0.2, 0) is 14.1 Å². The van der Waals surface area contributed by atoms with Crippen molar-refractivity contribution >= 4 is 17.8 Å². The zero-order valence-corrected chi connectivity index (χ0v) is 19.9. The van der Waals surface area contributed by atoms with Gasteiger partial charge < -0.3 is 58.5 Å². The first kappa shape index (κ1) is 25.9. The second-order valence-electron chi connectivity index (χ2n) is 5.55. The third kappa shape index (κ3) is 8.74. The van der Waals surface area contributed by atoms with Gasteiger partial charge in [-0.25, -0.2) is 9.13 Å². The minimum Gasteiger partial charge on any atom is -1.00 e. The Labute approximate surface area is 199 Å². The number of anilines is 1. The van der Waals surface area contributed by atoms with E-state index >= 15 is 0 Å². The lowest BCUT2D eigenvalue weighted by Gasteiger charge is -2.03. The fourth-order valence-corrected chi connectivity index (χ4v) is 2.11. The van der Waals surface area contributed by atoms with E-state index in [0.717, 1.165) is 11.4 Å². The summed E-state index contributed by atoms with van der Waals surface area (Å²) in [5, 5.41) is 14.0. The molecule has 28 heavy (non-hydrogen) atoms. The molecule has 1 amide bonds. The van der Waals surface area contributed by atoms with Crippen molar-refractivity contribution in [1.82, 2.24) is 0 Å². The van der Waals surface area contributed by atoms with Crippen molar-refractivity contribution < 1.29 is 67.1 Å². The van der Waals surface area contributed by atoms with Crippen LogP contribution in [0.4, 0.5) is 5.69 Å². The second-order valence-corrected chi connectivity index (χ2v) is 5.55. The molecule has 0 unspecified atom stereocenters. The number of carbonyl (C=O) groups is 1. The molecule has 0 fully saturated rings. The van der Waals surface area contributed by atoms with Crippen molar-refractivity contribution in [1.29, 1.82) is 0 Å². The van der Waals surface area contributed by atoms with Gasteiger partial charge in [0, 0.05) is 30.0 Å². The van der Waals surface area contributed by atoms with E-state index in [1.165, 1.54) is 6.21 Å². The Balaban J connectivity index is 0.000000532. The molecule has 0 aliphatic rings. The van der Waals surface area contributed by atoms with Crippen LogP contribution in [0.1, 0.15) is 16.1 Å². The standard InChI is InChI=1S/C13H12N2O.C7H8N2O.2HI/c1-15-9-7-11(8-10-15)13(16)14-12-5-3-2-4-6-12;1-9-5-3-2-4-7(9)6-8-10;;/h2-10H,1H3;2-6H,1H3;2*1H. The van der Waals surface area contributed by atoms with E-state index in [1.54, 1.807) is 12.1 Å². The van der Waals surface area contributed by atoms with E-state index in [1.807, 2.05) is 90.4 Å². The molecule has 0 aliphatic heterocycles. The first-order valence-corrected chi connectivity index (χ1v) is 8.04. The number of amides is 1. The first-order valence-electron chi connectivity index (χ1n) is 8.04. The summed E-state index contributed by atoms with van der Waals surface area (Å²) in [6.45, 7) is 0. The number of para-hydroxylation sites is 1. The number of hydrogen-bond acceptors (Lipinski definition) is 3. The Morgan fingerprint density at radius 3 is 2.11 bits per heavy atom. The summed E-state index contributed by atoms with van der Waals surface area (Å²) < 4.78 is 3.75. The minimum atomic E-state index is -0.0909. The van der Waals surface area contributed by atoms with E-state index in [4.69, 9.17) is 5.21 Å². The van der Waals surface area contributed by atoms with Crippen molar-refractivity contribution in [3.05, 3.63) is 90.5 Å². The Morgan fingerprint density at radius 1 is 0.929 bits per heavy atom. The molecule has 1 aromatic carbocycles. The van der Waals surface area contributed by atoms with E-state index < -0.39 is 0 Å². The molecular weight excluding hydrogens is 582 g/mol. The molecule has 0 spiro atoms. The molecule has 0 aliphatic carbocycles. The van der Waals surface area contributed by atoms with Crippen molar-refractivity contribution in [3.8, 4) is 0 Å². The number of benzene rings is 1. The van der Waals surface area contributed by atoms with Gasteiger partial charge in [-0.05, 0) is 18.2 Å². The highest BCUT2D eigenvalue weighted by Crippen LogP contribution is 2.07. The molecular formula is C20H22I2N4O2. The number of oxime groups is 1. The van der Waals surface area contributed by atoms with E-state index in [2.05, 4.69) is 10.5 Å². The van der Waals surface area contributed by atoms with Crippen molar-refractivity contribution in [2.24, 2.45) is 19.3 Å². The van der Waals surface area contributed by atoms with Crippen molar-refractivity contribution in [2.75, 3.05) is 5.32 Å². The van der Waals surface area contributed by atoms with Gasteiger partial charge in [0.05, 0.1) is 5.56 Å². The molecule has 2 N–H and O–H groups in total. The third-order valence-electron chi connectivity index (χ3n) is 3.56. The molecule has 0 saturated heterocycles. The minimum absolute atomic E-state index is 0. The van der Waals surface area contributed by atoms with Gasteiger partial charge in [-0.15, -0.1) is 0 Å². The van der Waals surface area contributed by atoms with Crippen LogP contribution < -0.4 is 62.4 Å². The summed E-state index contributed by atoms with van der Waals surface area (Å²) in [5.41, 5.74) is 2.33. The van der Waals surface area contributed by atoms with E-state index in [9.17, 15) is 4.79 Å². The highest BCUT2D eigenvalue weighted by atomic mass is 127. The average molecular weight is 604 g/mol. The fraction of sp³-hybridized carbons (Fsp3) is 0.100. The highest BCUT2D eigenvalue weighted by Gasteiger charge is 2.06. The van der Waals surface area contributed by atoms with Gasteiger partial charge in [0.2, 0.25) is 5.69 Å². The number of pyridine rings is 2. The lowest BCUT2D eigenvalue weighted by molar-refractivity contribution is -0.672. The Hall–Kier alpha value is -2.08. The lowest BCUT2D eigenvalue weighted by atomic mass is 10.2. The monoisotopic (exact) mass is 604 g/mol. The van der Waals surface area contributed by atoms with Crippen LogP contribution in [0.3, 0.4) is 0 Å². The number of nitrogens with one attached hydrogen (secondary N) is 1. The molecule has 0 atom stereocenters. The number of hydrogen-bond donors (Lipinski definition) is 2. The summed E-state index contributed by atoms with van der Waals surface area (Å²) in [6.07, 6.45) is 6.97. The largest absolute Gasteiger partial charge is 1.00 e. The summed E-state index contributed by atoms with van der Waals surface area (Å²) in [4.78, 5) is 11.8. The van der Waals surface area contributed by atoms with E-state index in [-0.39, 0.29) is 53.9 Å². The molecule has 0 saturated carbocycles. The number of carbonyl (C=O) groups excluding carboxylic acids is 1. The summed E-state index contributed by atoms with van der Waals surface area (Å²) in [5.74, 6) is -0.0909. The lowest BCUT2D eigenvalue weighted by Crippen LogP contribution is -3.00. The van der Waals surface area contributed by atoms with Crippen LogP contribution in [0.2, 0.25) is 0 Å². The smallest absolute Gasteiger partial charge is 0.256 e. The number of nitrogens with zero attached hydrogens (tertiary/aromatic N) is 3. The summed E-state index contributed by atoms with van der Waals surface area (Å²) in [6, 6.07) is 18.7. The van der Waals surface area contributed by atoms with Gasteiger partial charge in [-0.1, -0.05) is 23.4 Å². The number of aryl methyl sites for hydroxylation is 2. The first-order chi connectivity index (χ1) is 12.6. The molecule has 0 radical (unpaired) electrons. The predicted octanol–water partition coefficient (Wildman–Crippen LogP) is -3.91. The Kier molecular flexibility index (Phi) is 13.0. The number of aromatic nitrogens is 2. The van der Waals surface area contributed by atoms with Crippen LogP contribution in [0.25, 0.3) is 0 Å². The van der Waals surface area contributed by atoms with Gasteiger partial charge >= 0.3 is 0 Å². The maximum absolute atomic E-state index is 11.8. The van der Waals surface area contributed by atoms with Crippen LogP contribution in [0, 0.1) is 0 Å². The van der Waals surface area contributed by atoms with Crippen LogP contribution in [-0.4, -0.2) is 17.3 Å². The maximum atomic E-state index is 11.8. The molecule has 8 heteroatoms.